The van der Waals surface area contributed by atoms with Crippen molar-refractivity contribution in [2.75, 3.05) is 13.6 Å². The molecular weight excluding hydrogens is 242 g/mol. The third kappa shape index (κ3) is 2.76. The first kappa shape index (κ1) is 13.5. The van der Waals surface area contributed by atoms with Gasteiger partial charge in [0.2, 0.25) is 0 Å². The molecule has 0 atom stereocenters. The number of nitrogens with one attached hydrogen (secondary N) is 1. The predicted molar refractivity (Wildman–Crippen MR) is 76.4 cm³/mol. The molecule has 2 rings (SSSR count). The summed E-state index contributed by atoms with van der Waals surface area (Å²) in [6, 6.07) is 5.66. The Bertz CT molecular complexity index is 700. The minimum absolute atomic E-state index is 0.321. The third-order valence-electron chi connectivity index (χ3n) is 3.25. The fourth-order valence-electron chi connectivity index (χ4n) is 2.29. The van der Waals surface area contributed by atoms with Crippen LogP contribution in [-0.2, 0) is 13.6 Å². The van der Waals surface area contributed by atoms with E-state index in [1.165, 1.54) is 4.57 Å². The van der Waals surface area contributed by atoms with E-state index < -0.39 is 0 Å². The molecular formula is C14H19N3O2. The van der Waals surface area contributed by atoms with Gasteiger partial charge in [-0.25, -0.2) is 4.79 Å². The fraction of sp³-hybridized carbons (Fsp3) is 0.429. The molecule has 1 aromatic carbocycles. The number of aromatic amines is 1. The number of aryl methyl sites for hydroxylation is 1. The molecule has 0 saturated heterocycles. The van der Waals surface area contributed by atoms with Crippen molar-refractivity contribution in [2.24, 2.45) is 7.05 Å². The highest BCUT2D eigenvalue weighted by atomic mass is 16.2. The van der Waals surface area contributed by atoms with Crippen LogP contribution in [0.5, 0.6) is 0 Å². The first-order valence-electron chi connectivity index (χ1n) is 6.43. The summed E-state index contributed by atoms with van der Waals surface area (Å²) in [4.78, 5) is 27.9. The lowest BCUT2D eigenvalue weighted by Crippen LogP contribution is -2.28. The summed E-state index contributed by atoms with van der Waals surface area (Å²) < 4.78 is 1.45. The molecule has 0 bridgehead atoms. The SMILES string of the molecule is CCCN(C)Cc1ccc2c(c1)c(=O)[nH]c(=O)n2C. The predicted octanol–water partition coefficient (Wildman–Crippen LogP) is 1.07. The summed E-state index contributed by atoms with van der Waals surface area (Å²) in [6.07, 6.45) is 1.10. The second-order valence-corrected chi connectivity index (χ2v) is 4.91. The zero-order valence-electron chi connectivity index (χ0n) is 11.6. The number of rotatable bonds is 4. The number of benzene rings is 1. The van der Waals surface area contributed by atoms with Crippen LogP contribution < -0.4 is 11.2 Å². The van der Waals surface area contributed by atoms with E-state index in [1.54, 1.807) is 7.05 Å². The van der Waals surface area contributed by atoms with Gasteiger partial charge in [-0.1, -0.05) is 13.0 Å². The highest BCUT2D eigenvalue weighted by Crippen LogP contribution is 2.12. The van der Waals surface area contributed by atoms with E-state index in [1.807, 2.05) is 18.2 Å². The summed E-state index contributed by atoms with van der Waals surface area (Å²) in [7, 11) is 3.71. The molecule has 1 heterocycles. The monoisotopic (exact) mass is 261 g/mol. The summed E-state index contributed by atoms with van der Waals surface area (Å²) in [5.74, 6) is 0. The molecule has 19 heavy (non-hydrogen) atoms. The van der Waals surface area contributed by atoms with E-state index in [-0.39, 0.29) is 11.2 Å². The summed E-state index contributed by atoms with van der Waals surface area (Å²) in [5.41, 5.74) is 1.04. The Labute approximate surface area is 111 Å². The Morgan fingerprint density at radius 2 is 2.05 bits per heavy atom. The van der Waals surface area contributed by atoms with Crippen LogP contribution in [0.4, 0.5) is 0 Å². The van der Waals surface area contributed by atoms with Crippen molar-refractivity contribution >= 4 is 10.9 Å². The molecule has 0 aliphatic carbocycles. The molecule has 1 aromatic heterocycles. The summed E-state index contributed by atoms with van der Waals surface area (Å²) in [6.45, 7) is 3.95. The summed E-state index contributed by atoms with van der Waals surface area (Å²) >= 11 is 0. The third-order valence-corrected chi connectivity index (χ3v) is 3.25. The van der Waals surface area contributed by atoms with Crippen molar-refractivity contribution in [3.05, 3.63) is 44.6 Å². The van der Waals surface area contributed by atoms with Crippen molar-refractivity contribution in [2.45, 2.75) is 19.9 Å². The molecule has 0 spiro atoms. The van der Waals surface area contributed by atoms with Gasteiger partial charge in [-0.3, -0.25) is 14.3 Å². The van der Waals surface area contributed by atoms with Crippen molar-refractivity contribution in [1.82, 2.24) is 14.5 Å². The maximum absolute atomic E-state index is 11.8. The Hall–Kier alpha value is -1.88. The molecule has 102 valence electrons. The standard InChI is InChI=1S/C14H19N3O2/c1-4-7-16(2)9-10-5-6-12-11(8-10)13(18)15-14(19)17(12)3/h5-6,8H,4,7,9H2,1-3H3,(H,15,18,19). The van der Waals surface area contributed by atoms with E-state index in [2.05, 4.69) is 23.9 Å². The zero-order chi connectivity index (χ0) is 14.0. The van der Waals surface area contributed by atoms with Crippen LogP contribution in [-0.4, -0.2) is 28.0 Å². The Morgan fingerprint density at radius 3 is 2.74 bits per heavy atom. The lowest BCUT2D eigenvalue weighted by Gasteiger charge is -2.15. The number of fused-ring (bicyclic) bond motifs is 1. The van der Waals surface area contributed by atoms with Crippen LogP contribution in [0.15, 0.2) is 27.8 Å². The van der Waals surface area contributed by atoms with Crippen molar-refractivity contribution < 1.29 is 0 Å². The summed E-state index contributed by atoms with van der Waals surface area (Å²) in [5, 5.41) is 0.560. The quantitative estimate of drug-likeness (QED) is 0.895. The highest BCUT2D eigenvalue weighted by Gasteiger charge is 2.06. The number of hydrogen-bond acceptors (Lipinski definition) is 3. The van der Waals surface area contributed by atoms with Crippen LogP contribution in [0.25, 0.3) is 10.9 Å². The van der Waals surface area contributed by atoms with E-state index in [0.717, 1.165) is 25.1 Å². The van der Waals surface area contributed by atoms with Gasteiger partial charge in [0.1, 0.15) is 0 Å². The van der Waals surface area contributed by atoms with Gasteiger partial charge in [-0.2, -0.15) is 0 Å². The smallest absolute Gasteiger partial charge is 0.302 e. The molecule has 5 nitrogen and oxygen atoms in total. The molecule has 2 aromatic rings. The fourth-order valence-corrected chi connectivity index (χ4v) is 2.29. The van der Waals surface area contributed by atoms with Gasteiger partial charge in [0.25, 0.3) is 5.56 Å². The molecule has 0 fully saturated rings. The van der Waals surface area contributed by atoms with Crippen LogP contribution in [0, 0.1) is 0 Å². The highest BCUT2D eigenvalue weighted by molar-refractivity contribution is 5.78. The molecule has 0 unspecified atom stereocenters. The normalized spacial score (nSPS) is 11.4. The molecule has 0 aliphatic heterocycles. The largest absolute Gasteiger partial charge is 0.328 e. The molecule has 0 radical (unpaired) electrons. The van der Waals surface area contributed by atoms with Crippen molar-refractivity contribution in [3.8, 4) is 0 Å². The Balaban J connectivity index is 2.47. The molecule has 0 aliphatic rings. The average Bonchev–Trinajstić information content (AvgIpc) is 2.36. The van der Waals surface area contributed by atoms with Gasteiger partial charge in [-0.05, 0) is 37.7 Å². The molecule has 5 heteroatoms. The van der Waals surface area contributed by atoms with Gasteiger partial charge in [0, 0.05) is 13.6 Å². The van der Waals surface area contributed by atoms with Crippen molar-refractivity contribution in [1.29, 1.82) is 0 Å². The topological polar surface area (TPSA) is 58.1 Å². The van der Waals surface area contributed by atoms with Gasteiger partial charge in [0.15, 0.2) is 0 Å². The van der Waals surface area contributed by atoms with Crippen molar-refractivity contribution in [3.63, 3.8) is 0 Å². The van der Waals surface area contributed by atoms with Crippen LogP contribution in [0.3, 0.4) is 0 Å². The number of aromatic nitrogens is 2. The molecule has 0 amide bonds. The zero-order valence-corrected chi connectivity index (χ0v) is 11.6. The van der Waals surface area contributed by atoms with E-state index >= 15 is 0 Å². The first-order chi connectivity index (χ1) is 9.02. The van der Waals surface area contributed by atoms with Crippen LogP contribution in [0.2, 0.25) is 0 Å². The van der Waals surface area contributed by atoms with Gasteiger partial charge < -0.3 is 4.90 Å². The van der Waals surface area contributed by atoms with Gasteiger partial charge in [0.05, 0.1) is 10.9 Å². The van der Waals surface area contributed by atoms with Gasteiger partial charge >= 0.3 is 5.69 Å². The Morgan fingerprint density at radius 1 is 1.32 bits per heavy atom. The number of nitrogens with zero attached hydrogens (tertiary/aromatic N) is 2. The number of hydrogen-bond donors (Lipinski definition) is 1. The maximum atomic E-state index is 11.8. The molecule has 1 N–H and O–H groups in total. The Kier molecular flexibility index (Phi) is 3.85. The minimum Gasteiger partial charge on any atom is -0.302 e. The maximum Gasteiger partial charge on any atom is 0.328 e. The van der Waals surface area contributed by atoms with E-state index in [4.69, 9.17) is 0 Å². The average molecular weight is 261 g/mol. The second-order valence-electron chi connectivity index (χ2n) is 4.91. The minimum atomic E-state index is -0.381. The molecule has 0 saturated carbocycles. The lowest BCUT2D eigenvalue weighted by atomic mass is 10.1. The first-order valence-corrected chi connectivity index (χ1v) is 6.43. The van der Waals surface area contributed by atoms with Crippen LogP contribution >= 0.6 is 0 Å². The number of H-pyrrole nitrogens is 1. The van der Waals surface area contributed by atoms with E-state index in [9.17, 15) is 9.59 Å². The van der Waals surface area contributed by atoms with Crippen LogP contribution in [0.1, 0.15) is 18.9 Å². The second kappa shape index (κ2) is 5.40. The van der Waals surface area contributed by atoms with Gasteiger partial charge in [-0.15, -0.1) is 0 Å². The lowest BCUT2D eigenvalue weighted by molar-refractivity contribution is 0.327. The van der Waals surface area contributed by atoms with E-state index in [0.29, 0.717) is 10.9 Å².